The van der Waals surface area contributed by atoms with Gasteiger partial charge in [0.1, 0.15) is 0 Å². The lowest BCUT2D eigenvalue weighted by molar-refractivity contribution is 0.0912. The number of benzene rings is 1. The zero-order valence-electron chi connectivity index (χ0n) is 11.9. The van der Waals surface area contributed by atoms with Crippen molar-refractivity contribution in [3.05, 3.63) is 36.5 Å². The van der Waals surface area contributed by atoms with Crippen LogP contribution in [0.2, 0.25) is 0 Å². The number of hydrogen-bond donors (Lipinski definition) is 0. The Morgan fingerprint density at radius 2 is 2.23 bits per heavy atom. The number of aromatic nitrogens is 5. The topological polar surface area (TPSA) is 65.7 Å². The highest BCUT2D eigenvalue weighted by Gasteiger charge is 2.19. The Labute approximate surface area is 131 Å². The number of tetrazole rings is 1. The average Bonchev–Trinajstić information content (AvgIpc) is 3.21. The lowest BCUT2D eigenvalue weighted by atomic mass is 10.2. The predicted octanol–water partition coefficient (Wildman–Crippen LogP) is 2.55. The van der Waals surface area contributed by atoms with Gasteiger partial charge in [0.25, 0.3) is 0 Å². The first-order chi connectivity index (χ1) is 10.9. The zero-order chi connectivity index (χ0) is 14.8. The molecule has 0 radical (unpaired) electrons. The molecular formula is C15H15N5OS. The molecule has 6 nitrogen and oxygen atoms in total. The number of hydrogen-bond acceptors (Lipinski definition) is 6. The maximum Gasteiger partial charge on any atom is 0.214 e. The molecule has 0 bridgehead atoms. The molecule has 112 valence electrons. The van der Waals surface area contributed by atoms with Gasteiger partial charge < -0.3 is 4.74 Å². The molecule has 1 aliphatic heterocycles. The van der Waals surface area contributed by atoms with E-state index in [4.69, 9.17) is 4.74 Å². The van der Waals surface area contributed by atoms with E-state index >= 15 is 0 Å². The highest BCUT2D eigenvalue weighted by Crippen LogP contribution is 2.31. The summed E-state index contributed by atoms with van der Waals surface area (Å²) in [4.78, 5) is 5.49. The lowest BCUT2D eigenvalue weighted by Crippen LogP contribution is -2.16. The Bertz CT molecular complexity index is 779. The summed E-state index contributed by atoms with van der Waals surface area (Å²) < 4.78 is 7.50. The number of nitrogens with zero attached hydrogens (tertiary/aromatic N) is 5. The van der Waals surface area contributed by atoms with Crippen LogP contribution >= 0.6 is 11.8 Å². The maximum atomic E-state index is 5.67. The van der Waals surface area contributed by atoms with Gasteiger partial charge in [0.2, 0.25) is 5.16 Å². The number of pyridine rings is 1. The first-order valence-electron chi connectivity index (χ1n) is 7.29. The molecule has 22 heavy (non-hydrogen) atoms. The van der Waals surface area contributed by atoms with Crippen LogP contribution in [0.1, 0.15) is 12.8 Å². The molecule has 2 aromatic heterocycles. The predicted molar refractivity (Wildman–Crippen MR) is 82.7 cm³/mol. The van der Waals surface area contributed by atoms with Crippen LogP contribution < -0.4 is 0 Å². The van der Waals surface area contributed by atoms with Crippen LogP contribution in [0.5, 0.6) is 0 Å². The van der Waals surface area contributed by atoms with Crippen molar-refractivity contribution in [1.29, 1.82) is 0 Å². The normalized spacial score (nSPS) is 18.1. The van der Waals surface area contributed by atoms with E-state index in [-0.39, 0.29) is 6.10 Å². The summed E-state index contributed by atoms with van der Waals surface area (Å²) in [6.45, 7) is 1.54. The molecule has 1 fully saturated rings. The van der Waals surface area contributed by atoms with Gasteiger partial charge in [-0.2, -0.15) is 0 Å². The molecule has 0 saturated carbocycles. The van der Waals surface area contributed by atoms with E-state index in [0.717, 1.165) is 40.4 Å². The fourth-order valence-electron chi connectivity index (χ4n) is 2.62. The van der Waals surface area contributed by atoms with E-state index in [1.54, 1.807) is 11.8 Å². The van der Waals surface area contributed by atoms with Crippen LogP contribution in [-0.4, -0.2) is 37.9 Å². The number of ether oxygens (including phenoxy) is 1. The second-order valence-corrected chi connectivity index (χ2v) is 6.22. The number of rotatable bonds is 4. The van der Waals surface area contributed by atoms with Gasteiger partial charge in [0.05, 0.1) is 18.2 Å². The van der Waals surface area contributed by atoms with Crippen molar-refractivity contribution in [2.24, 2.45) is 0 Å². The molecule has 1 aliphatic rings. The van der Waals surface area contributed by atoms with Crippen molar-refractivity contribution in [1.82, 2.24) is 25.2 Å². The van der Waals surface area contributed by atoms with Crippen LogP contribution in [-0.2, 0) is 11.3 Å². The third kappa shape index (κ3) is 2.69. The van der Waals surface area contributed by atoms with Gasteiger partial charge in [-0.15, -0.1) is 5.10 Å². The van der Waals surface area contributed by atoms with Crippen LogP contribution in [0, 0.1) is 0 Å². The summed E-state index contributed by atoms with van der Waals surface area (Å²) in [7, 11) is 0. The van der Waals surface area contributed by atoms with Crippen LogP contribution in [0.3, 0.4) is 0 Å². The average molecular weight is 313 g/mol. The van der Waals surface area contributed by atoms with Gasteiger partial charge in [-0.05, 0) is 47.2 Å². The van der Waals surface area contributed by atoms with E-state index in [1.807, 2.05) is 35.1 Å². The standard InChI is InChI=1S/C15H15N5OS/c1-2-6-13-12(5-1)14(7-8-16-13)22-15-17-18-19-20(15)10-11-4-3-9-21-11/h1-2,5-8,11H,3-4,9-10H2. The molecule has 3 aromatic rings. The fourth-order valence-corrected chi connectivity index (χ4v) is 3.52. The molecule has 0 amide bonds. The Hall–Kier alpha value is -1.99. The lowest BCUT2D eigenvalue weighted by Gasteiger charge is -2.10. The highest BCUT2D eigenvalue weighted by molar-refractivity contribution is 7.99. The van der Waals surface area contributed by atoms with Crippen molar-refractivity contribution < 1.29 is 4.74 Å². The van der Waals surface area contributed by atoms with Gasteiger partial charge in [-0.3, -0.25) is 4.98 Å². The van der Waals surface area contributed by atoms with E-state index in [9.17, 15) is 0 Å². The minimum atomic E-state index is 0.219. The fraction of sp³-hybridized carbons (Fsp3) is 0.333. The summed E-state index contributed by atoms with van der Waals surface area (Å²) in [5, 5.41) is 14.0. The monoisotopic (exact) mass is 313 g/mol. The molecular weight excluding hydrogens is 298 g/mol. The Morgan fingerprint density at radius 3 is 3.14 bits per heavy atom. The molecule has 1 atom stereocenters. The summed E-state index contributed by atoms with van der Waals surface area (Å²) in [5.74, 6) is 0. The summed E-state index contributed by atoms with van der Waals surface area (Å²) in [5.41, 5.74) is 0.977. The quantitative estimate of drug-likeness (QED) is 0.737. The minimum Gasteiger partial charge on any atom is -0.376 e. The smallest absolute Gasteiger partial charge is 0.214 e. The molecule has 1 unspecified atom stereocenters. The van der Waals surface area contributed by atoms with Crippen molar-refractivity contribution in [3.63, 3.8) is 0 Å². The third-order valence-corrected chi connectivity index (χ3v) is 4.76. The zero-order valence-corrected chi connectivity index (χ0v) is 12.7. The summed E-state index contributed by atoms with van der Waals surface area (Å²) in [6, 6.07) is 10.1. The van der Waals surface area contributed by atoms with Gasteiger partial charge >= 0.3 is 0 Å². The first-order valence-corrected chi connectivity index (χ1v) is 8.11. The van der Waals surface area contributed by atoms with Crippen molar-refractivity contribution in [2.75, 3.05) is 6.61 Å². The SMILES string of the molecule is c1ccc2c(Sc3nnnn3CC3CCCO3)ccnc2c1. The minimum absolute atomic E-state index is 0.219. The Morgan fingerprint density at radius 1 is 1.27 bits per heavy atom. The van der Waals surface area contributed by atoms with Crippen LogP contribution in [0.4, 0.5) is 0 Å². The van der Waals surface area contributed by atoms with Crippen molar-refractivity contribution in [3.8, 4) is 0 Å². The van der Waals surface area contributed by atoms with Crippen molar-refractivity contribution >= 4 is 22.7 Å². The second-order valence-electron chi connectivity index (χ2n) is 5.21. The Kier molecular flexibility index (Phi) is 3.74. The van der Waals surface area contributed by atoms with E-state index in [1.165, 1.54) is 0 Å². The molecule has 1 saturated heterocycles. The van der Waals surface area contributed by atoms with Gasteiger partial charge in [0.15, 0.2) is 0 Å². The number of fused-ring (bicyclic) bond motifs is 1. The molecule has 1 aromatic carbocycles. The highest BCUT2D eigenvalue weighted by atomic mass is 32.2. The second kappa shape index (κ2) is 6.02. The molecule has 7 heteroatoms. The van der Waals surface area contributed by atoms with Gasteiger partial charge in [-0.1, -0.05) is 18.2 Å². The number of para-hydroxylation sites is 1. The van der Waals surface area contributed by atoms with Gasteiger partial charge in [0, 0.05) is 23.1 Å². The summed E-state index contributed by atoms with van der Waals surface area (Å²) in [6.07, 6.45) is 4.22. The van der Waals surface area contributed by atoms with E-state index < -0.39 is 0 Å². The van der Waals surface area contributed by atoms with E-state index in [0.29, 0.717) is 6.54 Å². The molecule has 3 heterocycles. The largest absolute Gasteiger partial charge is 0.376 e. The Balaban J connectivity index is 1.61. The van der Waals surface area contributed by atoms with Gasteiger partial charge in [-0.25, -0.2) is 4.68 Å². The molecule has 0 N–H and O–H groups in total. The molecule has 0 aliphatic carbocycles. The molecule has 0 spiro atoms. The first kappa shape index (κ1) is 13.7. The molecule has 4 rings (SSSR count). The van der Waals surface area contributed by atoms with Crippen LogP contribution in [0.25, 0.3) is 10.9 Å². The third-order valence-electron chi connectivity index (χ3n) is 3.71. The maximum absolute atomic E-state index is 5.67. The van der Waals surface area contributed by atoms with Crippen LogP contribution in [0.15, 0.2) is 46.6 Å². The van der Waals surface area contributed by atoms with E-state index in [2.05, 4.69) is 26.6 Å². The van der Waals surface area contributed by atoms with Crippen molar-refractivity contribution in [2.45, 2.75) is 35.5 Å². The summed E-state index contributed by atoms with van der Waals surface area (Å²) >= 11 is 1.57.